The number of carbonyl (C=O) groups is 4. The summed E-state index contributed by atoms with van der Waals surface area (Å²) in [6.07, 6.45) is 0.125. The zero-order valence-electron chi connectivity index (χ0n) is 15.0. The first-order valence-corrected chi connectivity index (χ1v) is 8.34. The first kappa shape index (κ1) is 23.8. The zero-order chi connectivity index (χ0) is 20.3. The molecule has 0 fully saturated rings. The maximum absolute atomic E-state index is 12.4. The SMILES string of the molecule is CC(N)C(=O)NC(C(=O)NC(CCCCN)C(=O)NCC(=O)O)C(C)O. The number of nitrogens with one attached hydrogen (secondary N) is 3. The molecule has 0 radical (unpaired) electrons. The van der Waals surface area contributed by atoms with Gasteiger partial charge in [-0.05, 0) is 39.7 Å². The molecule has 4 atom stereocenters. The highest BCUT2D eigenvalue weighted by Gasteiger charge is 2.30. The van der Waals surface area contributed by atoms with Crippen LogP contribution >= 0.6 is 0 Å². The summed E-state index contributed by atoms with van der Waals surface area (Å²) in [6, 6.07) is -3.22. The van der Waals surface area contributed by atoms with E-state index < -0.39 is 54.5 Å². The summed E-state index contributed by atoms with van der Waals surface area (Å²) in [7, 11) is 0. The standard InChI is InChI=1S/C15H29N5O6/c1-8(17)13(24)20-12(9(2)21)15(26)19-10(5-3-4-6-16)14(25)18-7-11(22)23/h8-10,12,21H,3-7,16-17H2,1-2H3,(H,18,25)(H,19,26)(H,20,24)(H,22,23). The molecule has 0 bridgehead atoms. The van der Waals surface area contributed by atoms with Gasteiger partial charge in [0.2, 0.25) is 17.7 Å². The molecule has 0 saturated carbocycles. The lowest BCUT2D eigenvalue weighted by atomic mass is 10.1. The van der Waals surface area contributed by atoms with E-state index in [1.807, 2.05) is 0 Å². The summed E-state index contributed by atoms with van der Waals surface area (Å²) in [6.45, 7) is 2.53. The van der Waals surface area contributed by atoms with Crippen molar-refractivity contribution >= 4 is 23.7 Å². The number of amides is 3. The Kier molecular flexibility index (Phi) is 11.1. The Morgan fingerprint density at radius 1 is 1.00 bits per heavy atom. The smallest absolute Gasteiger partial charge is 0.322 e. The quantitative estimate of drug-likeness (QED) is 0.175. The van der Waals surface area contributed by atoms with E-state index in [2.05, 4.69) is 16.0 Å². The lowest BCUT2D eigenvalue weighted by Crippen LogP contribution is -2.58. The van der Waals surface area contributed by atoms with Crippen molar-refractivity contribution in [1.29, 1.82) is 0 Å². The zero-order valence-corrected chi connectivity index (χ0v) is 15.0. The molecule has 0 saturated heterocycles. The monoisotopic (exact) mass is 375 g/mol. The molecule has 0 aromatic carbocycles. The maximum Gasteiger partial charge on any atom is 0.322 e. The molecule has 0 spiro atoms. The van der Waals surface area contributed by atoms with Crippen molar-refractivity contribution in [3.8, 4) is 0 Å². The summed E-state index contributed by atoms with van der Waals surface area (Å²) in [5.74, 6) is -3.32. The topological polar surface area (TPSA) is 197 Å². The molecule has 0 aliphatic heterocycles. The highest BCUT2D eigenvalue weighted by Crippen LogP contribution is 2.03. The Morgan fingerprint density at radius 2 is 1.62 bits per heavy atom. The van der Waals surface area contributed by atoms with Crippen LogP contribution in [0.15, 0.2) is 0 Å². The molecular weight excluding hydrogens is 346 g/mol. The number of rotatable bonds is 12. The summed E-state index contributed by atoms with van der Waals surface area (Å²) < 4.78 is 0. The van der Waals surface area contributed by atoms with Crippen LogP contribution in [0, 0.1) is 0 Å². The number of carbonyl (C=O) groups excluding carboxylic acids is 3. The first-order valence-electron chi connectivity index (χ1n) is 8.34. The number of hydrogen-bond donors (Lipinski definition) is 7. The Labute approximate surface area is 151 Å². The summed E-state index contributed by atoms with van der Waals surface area (Å²) in [4.78, 5) is 46.8. The number of aliphatic hydroxyl groups is 1. The predicted octanol–water partition coefficient (Wildman–Crippen LogP) is -2.99. The highest BCUT2D eigenvalue weighted by molar-refractivity contribution is 5.93. The van der Waals surface area contributed by atoms with Crippen molar-refractivity contribution in [3.63, 3.8) is 0 Å². The molecule has 0 heterocycles. The van der Waals surface area contributed by atoms with Crippen LogP contribution in [0.4, 0.5) is 0 Å². The number of aliphatic hydroxyl groups excluding tert-OH is 1. The predicted molar refractivity (Wildman–Crippen MR) is 92.7 cm³/mol. The highest BCUT2D eigenvalue weighted by atomic mass is 16.4. The molecule has 0 aliphatic carbocycles. The van der Waals surface area contributed by atoms with Gasteiger partial charge in [-0.1, -0.05) is 0 Å². The number of hydrogen-bond acceptors (Lipinski definition) is 7. The van der Waals surface area contributed by atoms with Gasteiger partial charge in [-0.3, -0.25) is 19.2 Å². The summed E-state index contributed by atoms with van der Waals surface area (Å²) >= 11 is 0. The number of aliphatic carboxylic acids is 1. The van der Waals surface area contributed by atoms with Gasteiger partial charge < -0.3 is 37.6 Å². The van der Waals surface area contributed by atoms with Gasteiger partial charge in [0, 0.05) is 0 Å². The van der Waals surface area contributed by atoms with Gasteiger partial charge in [-0.25, -0.2) is 0 Å². The molecule has 0 aliphatic rings. The van der Waals surface area contributed by atoms with Crippen LogP contribution < -0.4 is 27.4 Å². The molecule has 150 valence electrons. The normalized spacial score (nSPS) is 15.3. The minimum atomic E-state index is -1.31. The molecule has 0 aromatic heterocycles. The van der Waals surface area contributed by atoms with E-state index >= 15 is 0 Å². The third kappa shape index (κ3) is 9.30. The molecule has 9 N–H and O–H groups in total. The Morgan fingerprint density at radius 3 is 2.08 bits per heavy atom. The second-order valence-corrected chi connectivity index (χ2v) is 5.97. The van der Waals surface area contributed by atoms with Gasteiger partial charge in [0.25, 0.3) is 0 Å². The first-order chi connectivity index (χ1) is 12.1. The number of carboxylic acid groups (broad SMARTS) is 1. The van der Waals surface area contributed by atoms with Gasteiger partial charge in [0.15, 0.2) is 0 Å². The average molecular weight is 375 g/mol. The lowest BCUT2D eigenvalue weighted by Gasteiger charge is -2.25. The summed E-state index contributed by atoms with van der Waals surface area (Å²) in [5, 5.41) is 25.3. The minimum Gasteiger partial charge on any atom is -0.480 e. The van der Waals surface area contributed by atoms with Gasteiger partial charge in [-0.15, -0.1) is 0 Å². The van der Waals surface area contributed by atoms with Crippen molar-refractivity contribution in [3.05, 3.63) is 0 Å². The fourth-order valence-electron chi connectivity index (χ4n) is 2.00. The van der Waals surface area contributed by atoms with Crippen LogP contribution in [-0.2, 0) is 19.2 Å². The van der Waals surface area contributed by atoms with Gasteiger partial charge in [0.05, 0.1) is 12.1 Å². The third-order valence-electron chi connectivity index (χ3n) is 3.47. The minimum absolute atomic E-state index is 0.224. The molecule has 11 heteroatoms. The Bertz CT molecular complexity index is 497. The van der Waals surface area contributed by atoms with Crippen molar-refractivity contribution in [1.82, 2.24) is 16.0 Å². The van der Waals surface area contributed by atoms with E-state index in [1.165, 1.54) is 13.8 Å². The second kappa shape index (κ2) is 12.2. The van der Waals surface area contributed by atoms with Crippen LogP contribution in [0.2, 0.25) is 0 Å². The van der Waals surface area contributed by atoms with E-state index in [1.54, 1.807) is 0 Å². The van der Waals surface area contributed by atoms with Crippen molar-refractivity contribution in [2.24, 2.45) is 11.5 Å². The molecule has 0 rings (SSSR count). The van der Waals surface area contributed by atoms with Crippen LogP contribution in [0.3, 0.4) is 0 Å². The Balaban J connectivity index is 5.05. The lowest BCUT2D eigenvalue weighted by molar-refractivity contribution is -0.138. The molecule has 0 aromatic rings. The van der Waals surface area contributed by atoms with Crippen molar-refractivity contribution < 1.29 is 29.4 Å². The van der Waals surface area contributed by atoms with E-state index in [4.69, 9.17) is 16.6 Å². The maximum atomic E-state index is 12.4. The van der Waals surface area contributed by atoms with Crippen LogP contribution in [-0.4, -0.2) is 71.2 Å². The van der Waals surface area contributed by atoms with Crippen LogP contribution in [0.5, 0.6) is 0 Å². The van der Waals surface area contributed by atoms with E-state index in [0.717, 1.165) is 0 Å². The van der Waals surface area contributed by atoms with Gasteiger partial charge >= 0.3 is 5.97 Å². The molecule has 26 heavy (non-hydrogen) atoms. The van der Waals surface area contributed by atoms with Gasteiger partial charge in [-0.2, -0.15) is 0 Å². The molecule has 3 amide bonds. The van der Waals surface area contributed by atoms with Crippen LogP contribution in [0.1, 0.15) is 33.1 Å². The largest absolute Gasteiger partial charge is 0.480 e. The van der Waals surface area contributed by atoms with E-state index in [0.29, 0.717) is 19.4 Å². The fourth-order valence-corrected chi connectivity index (χ4v) is 2.00. The number of carboxylic acids is 1. The molecule has 4 unspecified atom stereocenters. The van der Waals surface area contributed by atoms with Crippen molar-refractivity contribution in [2.75, 3.05) is 13.1 Å². The van der Waals surface area contributed by atoms with Gasteiger partial charge in [0.1, 0.15) is 18.6 Å². The molecule has 11 nitrogen and oxygen atoms in total. The van der Waals surface area contributed by atoms with E-state index in [-0.39, 0.29) is 6.42 Å². The number of unbranched alkanes of at least 4 members (excludes halogenated alkanes) is 1. The summed E-state index contributed by atoms with van der Waals surface area (Å²) in [5.41, 5.74) is 10.8. The fraction of sp³-hybridized carbons (Fsp3) is 0.733. The molecular formula is C15H29N5O6. The third-order valence-corrected chi connectivity index (χ3v) is 3.47. The van der Waals surface area contributed by atoms with Crippen LogP contribution in [0.25, 0.3) is 0 Å². The van der Waals surface area contributed by atoms with E-state index in [9.17, 15) is 24.3 Å². The number of nitrogens with two attached hydrogens (primary N) is 2. The van der Waals surface area contributed by atoms with Crippen molar-refractivity contribution in [2.45, 2.75) is 57.3 Å². The second-order valence-electron chi connectivity index (χ2n) is 5.97. The average Bonchev–Trinajstić information content (AvgIpc) is 2.55. The Hall–Kier alpha value is -2.24.